The number of carboxylic acid groups (broad SMARTS) is 1. The van der Waals surface area contributed by atoms with E-state index in [9.17, 15) is 22.8 Å². The quantitative estimate of drug-likeness (QED) is 0.781. The summed E-state index contributed by atoms with van der Waals surface area (Å²) in [4.78, 5) is 23.1. The molecule has 3 N–H and O–H groups in total. The number of hydrogen-bond donors (Lipinski definition) is 2. The number of ether oxygens (including phenoxy) is 1. The molecular formula is C11H17F3N2O4. The van der Waals surface area contributed by atoms with E-state index in [4.69, 9.17) is 15.6 Å². The molecule has 1 heterocycles. The van der Waals surface area contributed by atoms with Crippen LogP contribution < -0.4 is 5.73 Å². The smallest absolute Gasteiger partial charge is 0.415 e. The van der Waals surface area contributed by atoms with Crippen molar-refractivity contribution < 1.29 is 32.6 Å². The third-order valence-corrected chi connectivity index (χ3v) is 3.20. The average Bonchev–Trinajstić information content (AvgIpc) is 2.34. The summed E-state index contributed by atoms with van der Waals surface area (Å²) >= 11 is 0. The topological polar surface area (TPSA) is 92.9 Å². The molecule has 6 nitrogen and oxygen atoms in total. The fourth-order valence-corrected chi connectivity index (χ4v) is 1.86. The molecule has 1 aliphatic heterocycles. The zero-order chi connectivity index (χ0) is 15.6. The van der Waals surface area contributed by atoms with Gasteiger partial charge in [0.15, 0.2) is 5.54 Å². The Balaban J connectivity index is 2.53. The van der Waals surface area contributed by atoms with Gasteiger partial charge in [-0.1, -0.05) is 0 Å². The summed E-state index contributed by atoms with van der Waals surface area (Å²) in [6, 6.07) is 0. The molecule has 1 fully saturated rings. The summed E-state index contributed by atoms with van der Waals surface area (Å²) in [7, 11) is 0. The van der Waals surface area contributed by atoms with Gasteiger partial charge in [0.2, 0.25) is 0 Å². The van der Waals surface area contributed by atoms with Crippen molar-refractivity contribution in [3.8, 4) is 0 Å². The number of aliphatic carboxylic acids is 1. The highest BCUT2D eigenvalue weighted by molar-refractivity contribution is 5.86. The Morgan fingerprint density at radius 1 is 1.35 bits per heavy atom. The van der Waals surface area contributed by atoms with E-state index < -0.39 is 30.2 Å². The lowest BCUT2D eigenvalue weighted by Crippen LogP contribution is -2.63. The number of likely N-dealkylation sites (tertiary alicyclic amines) is 1. The molecule has 1 aliphatic rings. The molecule has 1 rings (SSSR count). The number of carbonyl (C=O) groups excluding carboxylic acids is 1. The minimum Gasteiger partial charge on any atom is -0.480 e. The number of piperidine rings is 1. The summed E-state index contributed by atoms with van der Waals surface area (Å²) in [6.07, 6.45) is -4.62. The van der Waals surface area contributed by atoms with Crippen molar-refractivity contribution in [1.29, 1.82) is 0 Å². The summed E-state index contributed by atoms with van der Waals surface area (Å²) < 4.78 is 43.0. The van der Waals surface area contributed by atoms with Gasteiger partial charge in [-0.15, -0.1) is 0 Å². The Kier molecular flexibility index (Phi) is 4.98. The van der Waals surface area contributed by atoms with E-state index >= 15 is 0 Å². The summed E-state index contributed by atoms with van der Waals surface area (Å²) in [6.45, 7) is 0.302. The standard InChI is InChI=1S/C11H17F3N2O4/c1-10(15,11(12,13)14)9(19)16-4-2-7(3-5-16)20-6-8(17)18/h7H,2-6,15H2,1H3,(H,17,18). The van der Waals surface area contributed by atoms with Crippen LogP contribution in [-0.4, -0.2) is 59.4 Å². The maximum Gasteiger partial charge on any atom is 0.415 e. The van der Waals surface area contributed by atoms with Crippen LogP contribution in [0.15, 0.2) is 0 Å². The van der Waals surface area contributed by atoms with Gasteiger partial charge in [-0.3, -0.25) is 4.79 Å². The van der Waals surface area contributed by atoms with Crippen LogP contribution in [0.3, 0.4) is 0 Å². The van der Waals surface area contributed by atoms with Gasteiger partial charge in [0, 0.05) is 13.1 Å². The van der Waals surface area contributed by atoms with E-state index in [0.29, 0.717) is 6.92 Å². The maximum atomic E-state index is 12.7. The first-order valence-corrected chi connectivity index (χ1v) is 6.04. The average molecular weight is 298 g/mol. The Labute approximate surface area is 113 Å². The largest absolute Gasteiger partial charge is 0.480 e. The normalized spacial score (nSPS) is 20.6. The van der Waals surface area contributed by atoms with Crippen molar-refractivity contribution in [1.82, 2.24) is 4.90 Å². The van der Waals surface area contributed by atoms with Crippen LogP contribution >= 0.6 is 0 Å². The number of halogens is 3. The molecule has 20 heavy (non-hydrogen) atoms. The number of rotatable bonds is 4. The molecule has 0 aromatic carbocycles. The summed E-state index contributed by atoms with van der Waals surface area (Å²) in [5.41, 5.74) is 2.16. The van der Waals surface area contributed by atoms with Crippen molar-refractivity contribution in [2.45, 2.75) is 37.6 Å². The van der Waals surface area contributed by atoms with Gasteiger partial charge in [0.1, 0.15) is 6.61 Å². The highest BCUT2D eigenvalue weighted by Gasteiger charge is 2.55. The van der Waals surface area contributed by atoms with Gasteiger partial charge in [-0.05, 0) is 19.8 Å². The van der Waals surface area contributed by atoms with Crippen molar-refractivity contribution in [3.63, 3.8) is 0 Å². The van der Waals surface area contributed by atoms with Gasteiger partial charge in [0.25, 0.3) is 5.91 Å². The van der Waals surface area contributed by atoms with Crippen LogP contribution in [0.5, 0.6) is 0 Å². The zero-order valence-electron chi connectivity index (χ0n) is 10.9. The van der Waals surface area contributed by atoms with Crippen molar-refractivity contribution in [2.75, 3.05) is 19.7 Å². The fraction of sp³-hybridized carbons (Fsp3) is 0.818. The molecular weight excluding hydrogens is 281 g/mol. The number of nitrogens with two attached hydrogens (primary N) is 1. The highest BCUT2D eigenvalue weighted by Crippen LogP contribution is 2.30. The number of nitrogens with zero attached hydrogens (tertiary/aromatic N) is 1. The molecule has 1 saturated heterocycles. The molecule has 0 saturated carbocycles. The Morgan fingerprint density at radius 2 is 1.85 bits per heavy atom. The second-order valence-corrected chi connectivity index (χ2v) is 4.90. The molecule has 0 aromatic rings. The number of carboxylic acids is 1. The fourth-order valence-electron chi connectivity index (χ4n) is 1.86. The Bertz CT molecular complexity index is 376. The molecule has 0 aromatic heterocycles. The van der Waals surface area contributed by atoms with Crippen molar-refractivity contribution in [2.24, 2.45) is 5.73 Å². The molecule has 0 radical (unpaired) electrons. The van der Waals surface area contributed by atoms with Gasteiger partial charge in [0.05, 0.1) is 6.10 Å². The lowest BCUT2D eigenvalue weighted by Gasteiger charge is -2.37. The van der Waals surface area contributed by atoms with E-state index in [-0.39, 0.29) is 32.0 Å². The van der Waals surface area contributed by atoms with E-state index in [0.717, 1.165) is 4.90 Å². The second kappa shape index (κ2) is 5.96. The van der Waals surface area contributed by atoms with Gasteiger partial charge in [-0.25, -0.2) is 4.79 Å². The van der Waals surface area contributed by atoms with E-state index in [1.807, 2.05) is 0 Å². The first kappa shape index (κ1) is 16.7. The molecule has 0 aliphatic carbocycles. The van der Waals surface area contributed by atoms with Gasteiger partial charge in [-0.2, -0.15) is 13.2 Å². The number of alkyl halides is 3. The summed E-state index contributed by atoms with van der Waals surface area (Å²) in [5, 5.41) is 8.45. The predicted octanol–water partition coefficient (Wildman–Crippen LogP) is 0.358. The highest BCUT2D eigenvalue weighted by atomic mass is 19.4. The second-order valence-electron chi connectivity index (χ2n) is 4.90. The van der Waals surface area contributed by atoms with E-state index in [1.54, 1.807) is 0 Å². The van der Waals surface area contributed by atoms with Gasteiger partial charge >= 0.3 is 12.1 Å². The third-order valence-electron chi connectivity index (χ3n) is 3.20. The molecule has 0 spiro atoms. The Hall–Kier alpha value is -1.35. The lowest BCUT2D eigenvalue weighted by atomic mass is 9.98. The lowest BCUT2D eigenvalue weighted by molar-refractivity contribution is -0.195. The molecule has 1 amide bonds. The van der Waals surface area contributed by atoms with Crippen LogP contribution in [0.25, 0.3) is 0 Å². The Morgan fingerprint density at radius 3 is 2.25 bits per heavy atom. The van der Waals surface area contributed by atoms with Crippen LogP contribution in [0.2, 0.25) is 0 Å². The third kappa shape index (κ3) is 3.83. The number of amides is 1. The van der Waals surface area contributed by atoms with Crippen LogP contribution in [0.1, 0.15) is 19.8 Å². The SMILES string of the molecule is CC(N)(C(=O)N1CCC(OCC(=O)O)CC1)C(F)(F)F. The molecule has 1 unspecified atom stereocenters. The van der Waals surface area contributed by atoms with Crippen molar-refractivity contribution >= 4 is 11.9 Å². The number of hydrogen-bond acceptors (Lipinski definition) is 4. The number of carbonyl (C=O) groups is 2. The molecule has 1 atom stereocenters. The van der Waals surface area contributed by atoms with Crippen LogP contribution in [0, 0.1) is 0 Å². The predicted molar refractivity (Wildman–Crippen MR) is 61.8 cm³/mol. The van der Waals surface area contributed by atoms with E-state index in [2.05, 4.69) is 0 Å². The van der Waals surface area contributed by atoms with Crippen LogP contribution in [0.4, 0.5) is 13.2 Å². The first-order valence-electron chi connectivity index (χ1n) is 6.04. The van der Waals surface area contributed by atoms with Crippen LogP contribution in [-0.2, 0) is 14.3 Å². The van der Waals surface area contributed by atoms with E-state index in [1.165, 1.54) is 0 Å². The molecule has 116 valence electrons. The molecule has 9 heteroatoms. The van der Waals surface area contributed by atoms with Gasteiger partial charge < -0.3 is 20.5 Å². The zero-order valence-corrected chi connectivity index (χ0v) is 10.9. The molecule has 0 bridgehead atoms. The summed E-state index contributed by atoms with van der Waals surface area (Å²) in [5.74, 6) is -2.29. The monoisotopic (exact) mass is 298 g/mol. The van der Waals surface area contributed by atoms with Crippen molar-refractivity contribution in [3.05, 3.63) is 0 Å². The maximum absolute atomic E-state index is 12.7. The first-order chi connectivity index (χ1) is 9.05. The minimum atomic E-state index is -4.82. The minimum absolute atomic E-state index is 0.0615.